The van der Waals surface area contributed by atoms with Crippen molar-refractivity contribution < 1.29 is 48.6 Å². The van der Waals surface area contributed by atoms with Crippen molar-refractivity contribution in [3.63, 3.8) is 0 Å². The van der Waals surface area contributed by atoms with E-state index in [0.717, 1.165) is 7.11 Å². The van der Waals surface area contributed by atoms with E-state index in [9.17, 15) is 43.9 Å². The molecule has 3 aromatic carbocycles. The monoisotopic (exact) mass is 452 g/mol. The molecule has 31 heavy (non-hydrogen) atoms. The van der Waals surface area contributed by atoms with Crippen molar-refractivity contribution in [3.05, 3.63) is 82.4 Å². The van der Waals surface area contributed by atoms with Crippen molar-refractivity contribution in [1.29, 1.82) is 0 Å². The molecule has 0 radical (unpaired) electrons. The Balaban J connectivity index is 2.58. The lowest BCUT2D eigenvalue weighted by molar-refractivity contribution is 0.411. The minimum atomic E-state index is -2.87. The van der Waals surface area contributed by atoms with Crippen LogP contribution in [0.1, 0.15) is 0 Å². The summed E-state index contributed by atoms with van der Waals surface area (Å²) in [4.78, 5) is 0. The normalized spacial score (nSPS) is 11.1. The minimum absolute atomic E-state index is 0.0990. The van der Waals surface area contributed by atoms with Gasteiger partial charge in [-0.25, -0.2) is 43.9 Å². The Morgan fingerprint density at radius 3 is 1.26 bits per heavy atom. The van der Waals surface area contributed by atoms with Gasteiger partial charge in [0.2, 0.25) is 0 Å². The van der Waals surface area contributed by atoms with Gasteiger partial charge in [-0.05, 0) is 0 Å². The van der Waals surface area contributed by atoms with Crippen LogP contribution >= 0.6 is 0 Å². The van der Waals surface area contributed by atoms with Gasteiger partial charge in [0.25, 0.3) is 6.71 Å². The van der Waals surface area contributed by atoms with Gasteiger partial charge in [0.15, 0.2) is 46.5 Å². The molecule has 1 nitrogen and oxygen atoms in total. The molecule has 0 saturated heterocycles. The second kappa shape index (κ2) is 8.16. The fourth-order valence-electron chi connectivity index (χ4n) is 3.13. The van der Waals surface area contributed by atoms with Crippen LogP contribution in [-0.2, 0) is 0 Å². The first-order valence-corrected chi connectivity index (χ1v) is 8.18. The summed E-state index contributed by atoms with van der Waals surface area (Å²) in [6.07, 6.45) is 0. The van der Waals surface area contributed by atoms with Crippen molar-refractivity contribution in [3.8, 4) is 5.75 Å². The topological polar surface area (TPSA) is 9.23 Å². The van der Waals surface area contributed by atoms with Crippen LogP contribution in [0, 0.1) is 58.2 Å². The second-order valence-electron chi connectivity index (χ2n) is 6.20. The Hall–Kier alpha value is -3.18. The fourth-order valence-corrected chi connectivity index (χ4v) is 3.13. The Morgan fingerprint density at radius 2 is 0.903 bits per heavy atom. The van der Waals surface area contributed by atoms with Crippen molar-refractivity contribution >= 4 is 23.1 Å². The lowest BCUT2D eigenvalue weighted by atomic mass is 9.36. The molecule has 0 spiro atoms. The standard InChI is InChI=1S/C19H7BF10O/c1-31-12-3-6(21)2-7(22)13(12)20(14-16(27)8(23)4-9(24)17(14)28)15-18(29)10(25)5-11(26)19(15)30/h2-5H,1H3. The number of benzene rings is 3. The molecule has 0 aromatic heterocycles. The van der Waals surface area contributed by atoms with Crippen molar-refractivity contribution in [1.82, 2.24) is 0 Å². The third-order valence-corrected chi connectivity index (χ3v) is 4.43. The van der Waals surface area contributed by atoms with Gasteiger partial charge in [-0.15, -0.1) is 0 Å². The maximum absolute atomic E-state index is 14.7. The predicted molar refractivity (Wildman–Crippen MR) is 90.1 cm³/mol. The van der Waals surface area contributed by atoms with Gasteiger partial charge >= 0.3 is 0 Å². The minimum Gasteiger partial charge on any atom is -0.497 e. The highest BCUT2D eigenvalue weighted by Crippen LogP contribution is 2.20. The number of ether oxygens (including phenoxy) is 1. The van der Waals surface area contributed by atoms with Crippen LogP contribution in [0.3, 0.4) is 0 Å². The molecule has 0 bridgehead atoms. The summed E-state index contributed by atoms with van der Waals surface area (Å²) in [5.41, 5.74) is -4.90. The van der Waals surface area contributed by atoms with Crippen LogP contribution in [0.2, 0.25) is 0 Å². The first-order chi connectivity index (χ1) is 14.5. The number of hydrogen-bond donors (Lipinski definition) is 0. The molecular formula is C19H7BF10O. The van der Waals surface area contributed by atoms with Crippen molar-refractivity contribution in [2.45, 2.75) is 0 Å². The van der Waals surface area contributed by atoms with E-state index in [-0.39, 0.29) is 18.2 Å². The summed E-state index contributed by atoms with van der Waals surface area (Å²) in [5, 5.41) is 0. The van der Waals surface area contributed by atoms with Crippen LogP contribution in [0.15, 0.2) is 24.3 Å². The summed E-state index contributed by atoms with van der Waals surface area (Å²) in [6, 6.07) is 0.0226. The van der Waals surface area contributed by atoms with Gasteiger partial charge in [0.1, 0.15) is 17.4 Å². The van der Waals surface area contributed by atoms with Gasteiger partial charge in [-0.1, -0.05) is 0 Å². The van der Waals surface area contributed by atoms with Crippen LogP contribution in [0.4, 0.5) is 43.9 Å². The molecule has 0 aliphatic rings. The fraction of sp³-hybridized carbons (Fsp3) is 0.0526. The van der Waals surface area contributed by atoms with Gasteiger partial charge in [0.05, 0.1) is 7.11 Å². The summed E-state index contributed by atoms with van der Waals surface area (Å²) >= 11 is 0. The molecular weight excluding hydrogens is 445 g/mol. The smallest absolute Gasteiger partial charge is 0.265 e. The van der Waals surface area contributed by atoms with Crippen LogP contribution < -0.4 is 21.1 Å². The largest absolute Gasteiger partial charge is 0.497 e. The molecule has 0 atom stereocenters. The van der Waals surface area contributed by atoms with E-state index >= 15 is 0 Å². The molecule has 162 valence electrons. The highest BCUT2D eigenvalue weighted by atomic mass is 19.2. The molecule has 12 heteroatoms. The van der Waals surface area contributed by atoms with Gasteiger partial charge in [0, 0.05) is 40.7 Å². The Bertz CT molecular complexity index is 1080. The van der Waals surface area contributed by atoms with E-state index in [1.54, 1.807) is 0 Å². The van der Waals surface area contributed by atoms with Crippen LogP contribution in [0.5, 0.6) is 5.75 Å². The van der Waals surface area contributed by atoms with E-state index in [4.69, 9.17) is 0 Å². The highest BCUT2D eigenvalue weighted by molar-refractivity contribution is 6.96. The lowest BCUT2D eigenvalue weighted by Crippen LogP contribution is -2.59. The zero-order valence-electron chi connectivity index (χ0n) is 15.1. The zero-order chi connectivity index (χ0) is 23.2. The molecule has 0 aliphatic heterocycles. The number of halogens is 10. The quantitative estimate of drug-likeness (QED) is 0.334. The molecule has 3 aromatic rings. The summed E-state index contributed by atoms with van der Waals surface area (Å²) in [7, 11) is 0.798. The summed E-state index contributed by atoms with van der Waals surface area (Å²) in [5.74, 6) is -21.2. The number of methoxy groups -OCH3 is 1. The number of rotatable bonds is 4. The summed E-state index contributed by atoms with van der Waals surface area (Å²) < 4.78 is 146. The Labute approximate surface area is 168 Å². The van der Waals surface area contributed by atoms with E-state index in [0.29, 0.717) is 6.07 Å². The van der Waals surface area contributed by atoms with Crippen LogP contribution in [0.25, 0.3) is 0 Å². The third-order valence-electron chi connectivity index (χ3n) is 4.43. The average molecular weight is 452 g/mol. The second-order valence-corrected chi connectivity index (χ2v) is 6.20. The van der Waals surface area contributed by atoms with Gasteiger partial charge < -0.3 is 4.74 Å². The van der Waals surface area contributed by atoms with E-state index in [1.165, 1.54) is 0 Å². The van der Waals surface area contributed by atoms with Crippen LogP contribution in [-0.4, -0.2) is 13.8 Å². The van der Waals surface area contributed by atoms with Gasteiger partial charge in [-0.2, -0.15) is 0 Å². The third kappa shape index (κ3) is 3.70. The molecule has 0 amide bonds. The van der Waals surface area contributed by atoms with Gasteiger partial charge in [-0.3, -0.25) is 0 Å². The first-order valence-electron chi connectivity index (χ1n) is 8.18. The predicted octanol–water partition coefficient (Wildman–Crippen LogP) is 3.60. The molecule has 0 fully saturated rings. The average Bonchev–Trinajstić information content (AvgIpc) is 2.69. The van der Waals surface area contributed by atoms with E-state index < -0.39 is 87.0 Å². The molecule has 0 saturated carbocycles. The van der Waals surface area contributed by atoms with Crippen molar-refractivity contribution in [2.75, 3.05) is 7.11 Å². The zero-order valence-corrected chi connectivity index (χ0v) is 15.1. The molecule has 0 unspecified atom stereocenters. The molecule has 0 heterocycles. The van der Waals surface area contributed by atoms with Crippen molar-refractivity contribution in [2.24, 2.45) is 0 Å². The first kappa shape index (κ1) is 22.5. The highest BCUT2D eigenvalue weighted by Gasteiger charge is 2.41. The maximum atomic E-state index is 14.7. The molecule has 0 N–H and O–H groups in total. The maximum Gasteiger partial charge on any atom is 0.265 e. The Morgan fingerprint density at radius 1 is 0.516 bits per heavy atom. The SMILES string of the molecule is COc1cc(F)cc(F)c1B(c1c(F)c(F)cc(F)c1F)c1c(F)c(F)cc(F)c1F. The Kier molecular flexibility index (Phi) is 5.92. The number of hydrogen-bond acceptors (Lipinski definition) is 1. The molecule has 3 rings (SSSR count). The lowest BCUT2D eigenvalue weighted by Gasteiger charge is -2.21. The summed E-state index contributed by atoms with van der Waals surface area (Å²) in [6.45, 7) is -2.87. The van der Waals surface area contributed by atoms with E-state index in [1.807, 2.05) is 0 Å². The molecule has 0 aliphatic carbocycles. The van der Waals surface area contributed by atoms with E-state index in [2.05, 4.69) is 4.74 Å².